The van der Waals surface area contributed by atoms with Crippen molar-refractivity contribution in [1.29, 1.82) is 0 Å². The minimum absolute atomic E-state index is 0.0211. The Bertz CT molecular complexity index is 735. The highest BCUT2D eigenvalue weighted by molar-refractivity contribution is 5.69. The van der Waals surface area contributed by atoms with E-state index in [1.807, 2.05) is 0 Å². The van der Waals surface area contributed by atoms with Gasteiger partial charge in [0.2, 0.25) is 0 Å². The monoisotopic (exact) mass is 371 g/mol. The summed E-state index contributed by atoms with van der Waals surface area (Å²) in [4.78, 5) is 38.7. The van der Waals surface area contributed by atoms with Gasteiger partial charge >= 0.3 is 17.6 Å². The number of hydrogen-bond acceptors (Lipinski definition) is 8. The van der Waals surface area contributed by atoms with E-state index < -0.39 is 41.7 Å². The number of nitrogens with two attached hydrogens (primary N) is 1. The molecule has 1 saturated heterocycles. The second-order valence-corrected chi connectivity index (χ2v) is 6.02. The predicted octanol–water partition coefficient (Wildman–Crippen LogP) is 0.726. The van der Waals surface area contributed by atoms with Crippen LogP contribution >= 0.6 is 0 Å². The van der Waals surface area contributed by atoms with Gasteiger partial charge < -0.3 is 19.9 Å². The molecule has 1 aromatic heterocycles. The Morgan fingerprint density at radius 1 is 1.38 bits per heavy atom. The maximum atomic E-state index is 15.5. The zero-order chi connectivity index (χ0) is 19.5. The smallest absolute Gasteiger partial charge is 0.351 e. The number of rotatable bonds is 6. The summed E-state index contributed by atoms with van der Waals surface area (Å²) in [6, 6.07) is 1.32. The SMILES string of the molecule is CCC(=O)OC[C@H]1O[C@@H](n2ccc(N)nc2=O)[C@](C)(F)[C@@H]1OC(=O)CC. The molecule has 0 aromatic carbocycles. The van der Waals surface area contributed by atoms with Crippen molar-refractivity contribution in [3.8, 4) is 0 Å². The van der Waals surface area contributed by atoms with Crippen LogP contribution in [0.25, 0.3) is 0 Å². The molecule has 1 aliphatic rings. The van der Waals surface area contributed by atoms with Crippen molar-refractivity contribution in [3.05, 3.63) is 22.7 Å². The molecule has 0 spiro atoms. The van der Waals surface area contributed by atoms with Crippen LogP contribution in [0.3, 0.4) is 0 Å². The van der Waals surface area contributed by atoms with Crippen LogP contribution in [0.15, 0.2) is 17.1 Å². The lowest BCUT2D eigenvalue weighted by molar-refractivity contribution is -0.161. The van der Waals surface area contributed by atoms with Gasteiger partial charge in [0.25, 0.3) is 0 Å². The number of esters is 2. The highest BCUT2D eigenvalue weighted by atomic mass is 19.1. The Hall–Kier alpha value is -2.49. The van der Waals surface area contributed by atoms with Gasteiger partial charge in [-0.15, -0.1) is 0 Å². The Morgan fingerprint density at radius 3 is 2.62 bits per heavy atom. The summed E-state index contributed by atoms with van der Waals surface area (Å²) < 4.78 is 32.2. The quantitative estimate of drug-likeness (QED) is 0.726. The largest absolute Gasteiger partial charge is 0.463 e. The number of ether oxygens (including phenoxy) is 3. The van der Waals surface area contributed by atoms with E-state index in [-0.39, 0.29) is 25.3 Å². The highest BCUT2D eigenvalue weighted by Gasteiger charge is 2.58. The van der Waals surface area contributed by atoms with Crippen molar-refractivity contribution < 1.29 is 28.2 Å². The third-order valence-electron chi connectivity index (χ3n) is 4.03. The Balaban J connectivity index is 2.34. The number of alkyl halides is 1. The van der Waals surface area contributed by atoms with Crippen molar-refractivity contribution in [3.63, 3.8) is 0 Å². The molecular weight excluding hydrogens is 349 g/mol. The van der Waals surface area contributed by atoms with Crippen LogP contribution in [-0.4, -0.2) is 46.0 Å². The maximum Gasteiger partial charge on any atom is 0.351 e. The van der Waals surface area contributed by atoms with Gasteiger partial charge in [0.1, 0.15) is 18.5 Å². The fraction of sp³-hybridized carbons (Fsp3) is 0.625. The zero-order valence-corrected chi connectivity index (χ0v) is 14.8. The number of carbonyl (C=O) groups excluding carboxylic acids is 2. The van der Waals surface area contributed by atoms with E-state index in [0.717, 1.165) is 11.5 Å². The molecule has 26 heavy (non-hydrogen) atoms. The molecule has 144 valence electrons. The Morgan fingerprint density at radius 2 is 2.04 bits per heavy atom. The molecule has 0 saturated carbocycles. The molecule has 0 unspecified atom stereocenters. The van der Waals surface area contributed by atoms with Crippen LogP contribution in [0.4, 0.5) is 10.2 Å². The summed E-state index contributed by atoms with van der Waals surface area (Å²) >= 11 is 0. The molecule has 1 aromatic rings. The predicted molar refractivity (Wildman–Crippen MR) is 87.8 cm³/mol. The summed E-state index contributed by atoms with van der Waals surface area (Å²) in [5.74, 6) is -1.17. The minimum atomic E-state index is -2.27. The third kappa shape index (κ3) is 4.01. The fourth-order valence-corrected chi connectivity index (χ4v) is 2.64. The van der Waals surface area contributed by atoms with Crippen LogP contribution in [0, 0.1) is 0 Å². The van der Waals surface area contributed by atoms with Crippen LogP contribution < -0.4 is 11.4 Å². The van der Waals surface area contributed by atoms with E-state index in [2.05, 4.69) is 4.98 Å². The van der Waals surface area contributed by atoms with Crippen LogP contribution in [0.5, 0.6) is 0 Å². The normalized spacial score (nSPS) is 27.9. The first-order valence-electron chi connectivity index (χ1n) is 8.24. The van der Waals surface area contributed by atoms with Gasteiger partial charge in [-0.1, -0.05) is 13.8 Å². The molecule has 1 fully saturated rings. The number of hydrogen-bond donors (Lipinski definition) is 1. The molecule has 10 heteroatoms. The van der Waals surface area contributed by atoms with Crippen molar-refractivity contribution in [2.45, 2.75) is 57.7 Å². The second-order valence-electron chi connectivity index (χ2n) is 6.02. The molecule has 0 bridgehead atoms. The molecular formula is C16H22FN3O6. The Labute approximate surface area is 149 Å². The van der Waals surface area contributed by atoms with Crippen molar-refractivity contribution in [2.75, 3.05) is 12.3 Å². The number of nitrogen functional groups attached to an aromatic ring is 1. The third-order valence-corrected chi connectivity index (χ3v) is 4.03. The van der Waals surface area contributed by atoms with Gasteiger partial charge in [0.05, 0.1) is 0 Å². The van der Waals surface area contributed by atoms with E-state index in [1.54, 1.807) is 13.8 Å². The molecule has 0 aliphatic carbocycles. The molecule has 0 amide bonds. The number of halogens is 1. The van der Waals surface area contributed by atoms with Crippen LogP contribution in [-0.2, 0) is 23.8 Å². The molecule has 9 nitrogen and oxygen atoms in total. The summed E-state index contributed by atoms with van der Waals surface area (Å²) in [5.41, 5.74) is 2.36. The topological polar surface area (TPSA) is 123 Å². The molecule has 2 rings (SSSR count). The van der Waals surface area contributed by atoms with Crippen LogP contribution in [0.2, 0.25) is 0 Å². The molecule has 2 N–H and O–H groups in total. The lowest BCUT2D eigenvalue weighted by atomic mass is 9.98. The van der Waals surface area contributed by atoms with Gasteiger partial charge in [-0.2, -0.15) is 4.98 Å². The van der Waals surface area contributed by atoms with Gasteiger partial charge in [0.15, 0.2) is 18.0 Å². The van der Waals surface area contributed by atoms with E-state index in [1.165, 1.54) is 12.3 Å². The second kappa shape index (κ2) is 7.81. The van der Waals surface area contributed by atoms with Crippen molar-refractivity contribution in [2.24, 2.45) is 0 Å². The van der Waals surface area contributed by atoms with E-state index in [4.69, 9.17) is 19.9 Å². The summed E-state index contributed by atoms with van der Waals surface area (Å²) in [6.45, 7) is 4.00. The average Bonchev–Trinajstić information content (AvgIpc) is 2.83. The van der Waals surface area contributed by atoms with Crippen molar-refractivity contribution >= 4 is 17.8 Å². The molecule has 2 heterocycles. The highest BCUT2D eigenvalue weighted by Crippen LogP contribution is 2.42. The lowest BCUT2D eigenvalue weighted by Crippen LogP contribution is -2.45. The first-order chi connectivity index (χ1) is 12.2. The summed E-state index contributed by atoms with van der Waals surface area (Å²) in [6.07, 6.45) is -2.47. The first-order valence-corrected chi connectivity index (χ1v) is 8.24. The van der Waals surface area contributed by atoms with Gasteiger partial charge in [-0.3, -0.25) is 14.2 Å². The number of carbonyl (C=O) groups is 2. The number of aromatic nitrogens is 2. The lowest BCUT2D eigenvalue weighted by Gasteiger charge is -2.27. The maximum absolute atomic E-state index is 15.5. The van der Waals surface area contributed by atoms with Crippen LogP contribution in [0.1, 0.15) is 39.8 Å². The fourth-order valence-electron chi connectivity index (χ4n) is 2.64. The number of nitrogens with zero attached hydrogens (tertiary/aromatic N) is 2. The van der Waals surface area contributed by atoms with Gasteiger partial charge in [-0.05, 0) is 13.0 Å². The number of anilines is 1. The standard InChI is InChI=1S/C16H22FN3O6/c1-4-11(21)24-8-9-13(26-12(22)5-2)16(3,17)14(25-9)20-7-6-10(18)19-15(20)23/h6-7,9,13-14H,4-5,8H2,1-3H3,(H2,18,19,23)/t9-,13-,14-,16-/m1/s1. The zero-order valence-electron chi connectivity index (χ0n) is 14.8. The van der Waals surface area contributed by atoms with Gasteiger partial charge in [-0.25, -0.2) is 9.18 Å². The molecule has 0 radical (unpaired) electrons. The molecule has 1 aliphatic heterocycles. The average molecular weight is 371 g/mol. The van der Waals surface area contributed by atoms with E-state index in [9.17, 15) is 14.4 Å². The summed E-state index contributed by atoms with van der Waals surface area (Å²) in [7, 11) is 0. The van der Waals surface area contributed by atoms with E-state index in [0.29, 0.717) is 0 Å². The first kappa shape index (κ1) is 19.8. The minimum Gasteiger partial charge on any atom is -0.463 e. The summed E-state index contributed by atoms with van der Waals surface area (Å²) in [5, 5.41) is 0. The van der Waals surface area contributed by atoms with Gasteiger partial charge in [0, 0.05) is 19.0 Å². The van der Waals surface area contributed by atoms with E-state index >= 15 is 4.39 Å². The molecule has 4 atom stereocenters. The van der Waals surface area contributed by atoms with Crippen molar-refractivity contribution in [1.82, 2.24) is 9.55 Å². The Kier molecular flexibility index (Phi) is 5.96.